The predicted octanol–water partition coefficient (Wildman–Crippen LogP) is 1.19. The predicted molar refractivity (Wildman–Crippen MR) is 69.4 cm³/mol. The third kappa shape index (κ3) is 4.09. The fourth-order valence-corrected chi connectivity index (χ4v) is 2.34. The number of hydrogen-bond acceptors (Lipinski definition) is 4. The van der Waals surface area contributed by atoms with Crippen molar-refractivity contribution in [3.05, 3.63) is 24.0 Å². The molecule has 2 amide bonds. The van der Waals surface area contributed by atoms with E-state index in [1.165, 1.54) is 6.07 Å². The van der Waals surface area contributed by atoms with Crippen LogP contribution >= 0.6 is 0 Å². The molecule has 8 heteroatoms. The molecular weight excluding hydrogens is 273 g/mol. The molecule has 0 fully saturated rings. The Balaban J connectivity index is 3.00. The highest BCUT2D eigenvalue weighted by atomic mass is 32.2. The molecule has 19 heavy (non-hydrogen) atoms. The minimum Gasteiger partial charge on any atom is -0.395 e. The zero-order chi connectivity index (χ0) is 14.8. The molecule has 0 heterocycles. The van der Waals surface area contributed by atoms with Crippen molar-refractivity contribution in [3.63, 3.8) is 0 Å². The minimum atomic E-state index is -4.21. The standard InChI is InChI=1S/C11H16FN3O3S/c1-11(2,3)14-10(16)15-19(17,18)8-6-4-5-7(12)9(8)13/h4-6H,13H2,1-3H3,(H2,14,15,16). The maximum atomic E-state index is 13.2. The third-order valence-corrected chi connectivity index (χ3v) is 3.41. The Morgan fingerprint density at radius 3 is 2.42 bits per heavy atom. The number of nitrogen functional groups attached to an aromatic ring is 1. The van der Waals surface area contributed by atoms with Crippen LogP contribution in [0.15, 0.2) is 23.1 Å². The quantitative estimate of drug-likeness (QED) is 0.712. The average Bonchev–Trinajstić information content (AvgIpc) is 2.17. The van der Waals surface area contributed by atoms with E-state index in [2.05, 4.69) is 5.32 Å². The smallest absolute Gasteiger partial charge is 0.329 e. The van der Waals surface area contributed by atoms with Gasteiger partial charge in [-0.1, -0.05) is 6.07 Å². The number of hydrogen-bond donors (Lipinski definition) is 3. The van der Waals surface area contributed by atoms with Gasteiger partial charge in [-0.15, -0.1) is 0 Å². The van der Waals surface area contributed by atoms with Gasteiger partial charge in [0.25, 0.3) is 10.0 Å². The fraction of sp³-hybridized carbons (Fsp3) is 0.364. The first-order chi connectivity index (χ1) is 8.53. The molecule has 6 nitrogen and oxygen atoms in total. The van der Waals surface area contributed by atoms with Gasteiger partial charge in [-0.05, 0) is 32.9 Å². The van der Waals surface area contributed by atoms with Gasteiger partial charge in [0.2, 0.25) is 0 Å². The van der Waals surface area contributed by atoms with Gasteiger partial charge >= 0.3 is 6.03 Å². The van der Waals surface area contributed by atoms with Crippen LogP contribution < -0.4 is 15.8 Å². The Bertz CT molecular complexity index is 594. The van der Waals surface area contributed by atoms with Gasteiger partial charge in [0.15, 0.2) is 0 Å². The monoisotopic (exact) mass is 289 g/mol. The topological polar surface area (TPSA) is 101 Å². The molecule has 0 aliphatic rings. The number of urea groups is 1. The summed E-state index contributed by atoms with van der Waals surface area (Å²) in [6, 6.07) is 2.44. The lowest BCUT2D eigenvalue weighted by Crippen LogP contribution is -2.48. The number of carbonyl (C=O) groups is 1. The maximum absolute atomic E-state index is 13.2. The molecule has 1 aromatic rings. The second-order valence-corrected chi connectivity index (χ2v) is 6.61. The summed E-state index contributed by atoms with van der Waals surface area (Å²) in [5.74, 6) is -0.862. The van der Waals surface area contributed by atoms with Crippen molar-refractivity contribution in [2.45, 2.75) is 31.2 Å². The summed E-state index contributed by atoms with van der Waals surface area (Å²) in [5.41, 5.74) is 4.21. The van der Waals surface area contributed by atoms with Crippen LogP contribution in [0, 0.1) is 5.82 Å². The Kier molecular flexibility index (Phi) is 4.04. The van der Waals surface area contributed by atoms with E-state index in [1.54, 1.807) is 25.5 Å². The van der Waals surface area contributed by atoms with E-state index in [0.717, 1.165) is 12.1 Å². The van der Waals surface area contributed by atoms with E-state index in [9.17, 15) is 17.6 Å². The molecule has 0 aliphatic carbocycles. The van der Waals surface area contributed by atoms with Crippen LogP contribution in [0.5, 0.6) is 0 Å². The third-order valence-electron chi connectivity index (χ3n) is 2.02. The first-order valence-corrected chi connectivity index (χ1v) is 6.90. The highest BCUT2D eigenvalue weighted by Gasteiger charge is 2.23. The number of amides is 2. The molecule has 0 saturated carbocycles. The molecule has 0 aliphatic heterocycles. The lowest BCUT2D eigenvalue weighted by molar-refractivity contribution is 0.237. The number of sulfonamides is 1. The summed E-state index contributed by atoms with van der Waals surface area (Å²) in [6.07, 6.45) is 0. The van der Waals surface area contributed by atoms with E-state index in [4.69, 9.17) is 5.73 Å². The second kappa shape index (κ2) is 5.04. The summed E-state index contributed by atoms with van der Waals surface area (Å²) in [7, 11) is -4.21. The molecule has 0 saturated heterocycles. The van der Waals surface area contributed by atoms with Crippen LogP contribution in [0.2, 0.25) is 0 Å². The highest BCUT2D eigenvalue weighted by Crippen LogP contribution is 2.20. The molecule has 0 radical (unpaired) electrons. The summed E-state index contributed by atoms with van der Waals surface area (Å²) < 4.78 is 38.7. The summed E-state index contributed by atoms with van der Waals surface area (Å²) >= 11 is 0. The van der Waals surface area contributed by atoms with Gasteiger partial charge < -0.3 is 11.1 Å². The SMILES string of the molecule is CC(C)(C)NC(=O)NS(=O)(=O)c1cccc(F)c1N. The molecule has 0 spiro atoms. The minimum absolute atomic E-state index is 0.475. The highest BCUT2D eigenvalue weighted by molar-refractivity contribution is 7.90. The largest absolute Gasteiger partial charge is 0.395 e. The van der Waals surface area contributed by atoms with Crippen molar-refractivity contribution >= 4 is 21.7 Å². The van der Waals surface area contributed by atoms with Gasteiger partial charge in [-0.2, -0.15) is 0 Å². The van der Waals surface area contributed by atoms with Crippen molar-refractivity contribution in [1.29, 1.82) is 0 Å². The fourth-order valence-electron chi connectivity index (χ4n) is 1.29. The molecule has 4 N–H and O–H groups in total. The molecule has 1 aromatic carbocycles. The molecule has 0 unspecified atom stereocenters. The Morgan fingerprint density at radius 1 is 1.32 bits per heavy atom. The van der Waals surface area contributed by atoms with Crippen LogP contribution in [0.4, 0.5) is 14.9 Å². The molecule has 106 valence electrons. The second-order valence-electron chi connectivity index (χ2n) is 4.96. The Morgan fingerprint density at radius 2 is 1.89 bits per heavy atom. The van der Waals surface area contributed by atoms with Crippen LogP contribution in [0.3, 0.4) is 0 Å². The van der Waals surface area contributed by atoms with Gasteiger partial charge in [-0.25, -0.2) is 22.3 Å². The summed E-state index contributed by atoms with van der Waals surface area (Å²) in [4.78, 5) is 11.0. The van der Waals surface area contributed by atoms with Crippen molar-refractivity contribution in [2.75, 3.05) is 5.73 Å². The molecular formula is C11H16FN3O3S. The Hall–Kier alpha value is -1.83. The number of carbonyl (C=O) groups excluding carboxylic acids is 1. The number of halogens is 1. The number of nitrogens with two attached hydrogens (primary N) is 1. The van der Waals surface area contributed by atoms with Crippen LogP contribution in [-0.4, -0.2) is 20.0 Å². The van der Waals surface area contributed by atoms with E-state index in [-0.39, 0.29) is 0 Å². The van der Waals surface area contributed by atoms with Crippen molar-refractivity contribution < 1.29 is 17.6 Å². The van der Waals surface area contributed by atoms with Gasteiger partial charge in [0.1, 0.15) is 10.7 Å². The summed E-state index contributed by atoms with van der Waals surface area (Å²) in [6.45, 7) is 5.07. The molecule has 1 rings (SSSR count). The number of rotatable bonds is 2. The van der Waals surface area contributed by atoms with Gasteiger partial charge in [-0.3, -0.25) is 0 Å². The molecule has 0 atom stereocenters. The van der Waals surface area contributed by atoms with Crippen molar-refractivity contribution in [3.8, 4) is 0 Å². The van der Waals surface area contributed by atoms with Gasteiger partial charge in [0, 0.05) is 5.54 Å². The lowest BCUT2D eigenvalue weighted by Gasteiger charge is -2.20. The number of anilines is 1. The maximum Gasteiger partial charge on any atom is 0.329 e. The first-order valence-electron chi connectivity index (χ1n) is 5.42. The zero-order valence-corrected chi connectivity index (χ0v) is 11.6. The zero-order valence-electron chi connectivity index (χ0n) is 10.8. The molecule has 0 bridgehead atoms. The lowest BCUT2D eigenvalue weighted by atomic mass is 10.1. The van der Waals surface area contributed by atoms with Crippen LogP contribution in [0.25, 0.3) is 0 Å². The number of nitrogens with one attached hydrogen (secondary N) is 2. The number of para-hydroxylation sites is 1. The first kappa shape index (κ1) is 15.2. The van der Waals surface area contributed by atoms with Crippen molar-refractivity contribution in [2.24, 2.45) is 0 Å². The number of benzene rings is 1. The summed E-state index contributed by atoms with van der Waals surface area (Å²) in [5, 5.41) is 2.42. The van der Waals surface area contributed by atoms with E-state index in [0.29, 0.717) is 0 Å². The molecule has 0 aromatic heterocycles. The van der Waals surface area contributed by atoms with Crippen LogP contribution in [0.1, 0.15) is 20.8 Å². The van der Waals surface area contributed by atoms with E-state index < -0.39 is 38.0 Å². The average molecular weight is 289 g/mol. The normalized spacial score (nSPS) is 12.0. The van der Waals surface area contributed by atoms with Gasteiger partial charge in [0.05, 0.1) is 5.69 Å². The van der Waals surface area contributed by atoms with E-state index in [1.807, 2.05) is 0 Å². The Labute approximate surface area is 111 Å². The van der Waals surface area contributed by atoms with Crippen LogP contribution in [-0.2, 0) is 10.0 Å². The van der Waals surface area contributed by atoms with E-state index >= 15 is 0 Å². The van der Waals surface area contributed by atoms with Crippen molar-refractivity contribution in [1.82, 2.24) is 10.0 Å².